The van der Waals surface area contributed by atoms with Crippen LogP contribution in [0.5, 0.6) is 17.2 Å². The predicted molar refractivity (Wildman–Crippen MR) is 102 cm³/mol. The van der Waals surface area contributed by atoms with E-state index in [2.05, 4.69) is 9.97 Å². The van der Waals surface area contributed by atoms with Crippen molar-refractivity contribution in [2.45, 2.75) is 0 Å². The van der Waals surface area contributed by atoms with Crippen LogP contribution in [0.15, 0.2) is 30.3 Å². The molecule has 1 aromatic heterocycles. The van der Waals surface area contributed by atoms with Crippen LogP contribution in [-0.4, -0.2) is 44.4 Å². The fraction of sp³-hybridized carbons (Fsp3) is 0.200. The summed E-state index contributed by atoms with van der Waals surface area (Å²) < 4.78 is 20.9. The van der Waals surface area contributed by atoms with Gasteiger partial charge in [0, 0.05) is 0 Å². The van der Waals surface area contributed by atoms with Gasteiger partial charge < -0.3 is 23.9 Å². The summed E-state index contributed by atoms with van der Waals surface area (Å²) in [5.41, 5.74) is 2.58. The van der Waals surface area contributed by atoms with Crippen molar-refractivity contribution in [2.24, 2.45) is 0 Å². The van der Waals surface area contributed by atoms with E-state index in [1.807, 2.05) is 30.4 Å². The molecule has 0 unspecified atom stereocenters. The van der Waals surface area contributed by atoms with Gasteiger partial charge in [0.2, 0.25) is 5.75 Å². The summed E-state index contributed by atoms with van der Waals surface area (Å²) in [6.07, 6.45) is 3.67. The summed E-state index contributed by atoms with van der Waals surface area (Å²) in [4.78, 5) is 19.5. The van der Waals surface area contributed by atoms with Gasteiger partial charge >= 0.3 is 5.97 Å². The summed E-state index contributed by atoms with van der Waals surface area (Å²) in [7, 11) is 6.04. The Morgan fingerprint density at radius 2 is 1.70 bits per heavy atom. The molecule has 27 heavy (non-hydrogen) atoms. The Labute approximate surface area is 156 Å². The molecule has 0 amide bonds. The van der Waals surface area contributed by atoms with E-state index < -0.39 is 5.97 Å². The van der Waals surface area contributed by atoms with E-state index >= 15 is 0 Å². The fourth-order valence-electron chi connectivity index (χ4n) is 2.78. The standard InChI is InChI=1S/C20H20N2O5/c1-24-15-10-12(11-16(25-2)19(15)26-3)8-9-17-21-14-7-5-6-13(18(14)22-17)20(23)27-4/h5-11H,1-4H3,(H,21,22)/b9-8+. The number of esters is 1. The zero-order valence-electron chi connectivity index (χ0n) is 15.5. The molecule has 2 aromatic carbocycles. The number of benzene rings is 2. The number of carbonyl (C=O) groups is 1. The molecule has 0 saturated heterocycles. The third-order valence-corrected chi connectivity index (χ3v) is 4.06. The van der Waals surface area contributed by atoms with Gasteiger partial charge in [-0.25, -0.2) is 9.78 Å². The Kier molecular flexibility index (Phi) is 5.30. The second kappa shape index (κ2) is 7.82. The zero-order valence-corrected chi connectivity index (χ0v) is 15.5. The fourth-order valence-corrected chi connectivity index (χ4v) is 2.78. The van der Waals surface area contributed by atoms with Crippen LogP contribution >= 0.6 is 0 Å². The van der Waals surface area contributed by atoms with E-state index in [0.717, 1.165) is 11.1 Å². The molecule has 3 rings (SSSR count). The molecular formula is C20H20N2O5. The lowest BCUT2D eigenvalue weighted by molar-refractivity contribution is 0.0603. The van der Waals surface area contributed by atoms with E-state index in [0.29, 0.717) is 34.2 Å². The normalized spacial score (nSPS) is 11.0. The van der Waals surface area contributed by atoms with Gasteiger partial charge in [-0.1, -0.05) is 12.1 Å². The minimum atomic E-state index is -0.424. The molecule has 0 radical (unpaired) electrons. The average Bonchev–Trinajstić information content (AvgIpc) is 3.13. The number of rotatable bonds is 6. The van der Waals surface area contributed by atoms with Crippen LogP contribution in [0.1, 0.15) is 21.7 Å². The maximum absolute atomic E-state index is 11.9. The molecule has 140 valence electrons. The van der Waals surface area contributed by atoms with Crippen molar-refractivity contribution < 1.29 is 23.7 Å². The number of carbonyl (C=O) groups excluding carboxylic acids is 1. The molecule has 0 aliphatic heterocycles. The topological polar surface area (TPSA) is 82.7 Å². The van der Waals surface area contributed by atoms with Crippen LogP contribution < -0.4 is 14.2 Å². The Hall–Kier alpha value is -3.48. The van der Waals surface area contributed by atoms with Crippen molar-refractivity contribution in [3.05, 3.63) is 47.3 Å². The van der Waals surface area contributed by atoms with E-state index in [9.17, 15) is 4.79 Å². The van der Waals surface area contributed by atoms with E-state index in [4.69, 9.17) is 18.9 Å². The molecule has 0 saturated carbocycles. The van der Waals surface area contributed by atoms with Crippen LogP contribution in [0.25, 0.3) is 23.2 Å². The summed E-state index contributed by atoms with van der Waals surface area (Å²) in [5, 5.41) is 0. The lowest BCUT2D eigenvalue weighted by Crippen LogP contribution is -2.01. The largest absolute Gasteiger partial charge is 0.493 e. The van der Waals surface area contributed by atoms with Crippen molar-refractivity contribution in [3.8, 4) is 17.2 Å². The van der Waals surface area contributed by atoms with Gasteiger partial charge in [-0.3, -0.25) is 0 Å². The second-order valence-electron chi connectivity index (χ2n) is 5.61. The smallest absolute Gasteiger partial charge is 0.340 e. The lowest BCUT2D eigenvalue weighted by atomic mass is 10.1. The van der Waals surface area contributed by atoms with Crippen LogP contribution in [0.4, 0.5) is 0 Å². The van der Waals surface area contributed by atoms with Gasteiger partial charge in [0.05, 0.1) is 39.5 Å². The van der Waals surface area contributed by atoms with Gasteiger partial charge in [-0.15, -0.1) is 0 Å². The number of nitrogens with zero attached hydrogens (tertiary/aromatic N) is 1. The van der Waals surface area contributed by atoms with Gasteiger partial charge in [0.15, 0.2) is 11.5 Å². The van der Waals surface area contributed by atoms with Gasteiger partial charge in [-0.05, 0) is 35.9 Å². The van der Waals surface area contributed by atoms with Crippen LogP contribution in [0.3, 0.4) is 0 Å². The average molecular weight is 368 g/mol. The molecule has 0 aliphatic rings. The minimum absolute atomic E-state index is 0.415. The van der Waals surface area contributed by atoms with Crippen molar-refractivity contribution in [2.75, 3.05) is 28.4 Å². The molecule has 0 aliphatic carbocycles. The third kappa shape index (κ3) is 3.57. The Morgan fingerprint density at radius 3 is 2.30 bits per heavy atom. The first-order valence-electron chi connectivity index (χ1n) is 8.16. The zero-order chi connectivity index (χ0) is 19.4. The number of H-pyrrole nitrogens is 1. The highest BCUT2D eigenvalue weighted by atomic mass is 16.5. The highest BCUT2D eigenvalue weighted by Gasteiger charge is 2.14. The van der Waals surface area contributed by atoms with Crippen LogP contribution in [0.2, 0.25) is 0 Å². The molecule has 0 atom stereocenters. The molecule has 7 heteroatoms. The van der Waals surface area contributed by atoms with Crippen LogP contribution in [-0.2, 0) is 4.74 Å². The second-order valence-corrected chi connectivity index (χ2v) is 5.61. The maximum Gasteiger partial charge on any atom is 0.340 e. The molecule has 1 heterocycles. The number of para-hydroxylation sites is 1. The number of ether oxygens (including phenoxy) is 4. The highest BCUT2D eigenvalue weighted by molar-refractivity contribution is 6.02. The van der Waals surface area contributed by atoms with E-state index in [-0.39, 0.29) is 0 Å². The number of aromatic amines is 1. The number of fused-ring (bicyclic) bond motifs is 1. The minimum Gasteiger partial charge on any atom is -0.493 e. The molecule has 3 aromatic rings. The first kappa shape index (κ1) is 18.3. The first-order chi connectivity index (χ1) is 13.1. The summed E-state index contributed by atoms with van der Waals surface area (Å²) in [6.45, 7) is 0. The van der Waals surface area contributed by atoms with Crippen molar-refractivity contribution in [1.29, 1.82) is 0 Å². The molecule has 0 bridgehead atoms. The van der Waals surface area contributed by atoms with Crippen LogP contribution in [0, 0.1) is 0 Å². The third-order valence-electron chi connectivity index (χ3n) is 4.06. The van der Waals surface area contributed by atoms with Gasteiger partial charge in [0.25, 0.3) is 0 Å². The van der Waals surface area contributed by atoms with E-state index in [1.54, 1.807) is 33.5 Å². The Bertz CT molecular complexity index is 982. The van der Waals surface area contributed by atoms with Gasteiger partial charge in [-0.2, -0.15) is 0 Å². The lowest BCUT2D eigenvalue weighted by Gasteiger charge is -2.12. The van der Waals surface area contributed by atoms with Crippen molar-refractivity contribution >= 4 is 29.2 Å². The molecule has 1 N–H and O–H groups in total. The Morgan fingerprint density at radius 1 is 1.00 bits per heavy atom. The molecule has 7 nitrogen and oxygen atoms in total. The molecular weight excluding hydrogens is 348 g/mol. The monoisotopic (exact) mass is 368 g/mol. The highest BCUT2D eigenvalue weighted by Crippen LogP contribution is 2.38. The van der Waals surface area contributed by atoms with Crippen molar-refractivity contribution in [1.82, 2.24) is 9.97 Å². The van der Waals surface area contributed by atoms with E-state index in [1.165, 1.54) is 7.11 Å². The molecule has 0 spiro atoms. The van der Waals surface area contributed by atoms with Gasteiger partial charge in [0.1, 0.15) is 11.3 Å². The number of nitrogens with one attached hydrogen (secondary N) is 1. The first-order valence-corrected chi connectivity index (χ1v) is 8.16. The number of hydrogen-bond donors (Lipinski definition) is 1. The number of hydrogen-bond acceptors (Lipinski definition) is 6. The number of methoxy groups -OCH3 is 4. The molecule has 0 fully saturated rings. The summed E-state index contributed by atoms with van der Waals surface area (Å²) in [5.74, 6) is 1.84. The SMILES string of the molecule is COC(=O)c1cccc2[nH]c(/C=C/c3cc(OC)c(OC)c(OC)c3)nc12. The number of aromatic nitrogens is 2. The summed E-state index contributed by atoms with van der Waals surface area (Å²) in [6, 6.07) is 8.98. The van der Waals surface area contributed by atoms with Crippen molar-refractivity contribution in [3.63, 3.8) is 0 Å². The quantitative estimate of drug-likeness (QED) is 0.670. The maximum atomic E-state index is 11.9. The Balaban J connectivity index is 1.98. The summed E-state index contributed by atoms with van der Waals surface area (Å²) >= 11 is 0. The predicted octanol–water partition coefficient (Wildman–Crippen LogP) is 3.55. The number of imidazole rings is 1.